The first kappa shape index (κ1) is 35.2. The molecule has 10 aromatic carbocycles. The number of halogens is 4. The average Bonchev–Trinajstić information content (AvgIpc) is 3.73. The minimum atomic E-state index is 0.494. The molecule has 2 nitrogen and oxygen atoms in total. The van der Waals surface area contributed by atoms with Gasteiger partial charge in [0.15, 0.2) is 0 Å². The largest absolute Gasteiger partial charge is 0.308 e. The molecule has 0 aliphatic heterocycles. The highest BCUT2D eigenvalue weighted by Gasteiger charge is 2.21. The normalized spacial score (nSPS) is 11.8. The van der Waals surface area contributed by atoms with Crippen molar-refractivity contribution in [2.75, 3.05) is 4.90 Å². The first-order valence-electron chi connectivity index (χ1n) is 19.0. The summed E-state index contributed by atoms with van der Waals surface area (Å²) in [7, 11) is 0. The number of benzene rings is 10. The maximum atomic E-state index is 6.66. The van der Waals surface area contributed by atoms with E-state index in [2.05, 4.69) is 155 Å². The molecule has 0 unspecified atom stereocenters. The predicted octanol–water partition coefficient (Wildman–Crippen LogP) is 17.2. The minimum absolute atomic E-state index is 0.494. The van der Waals surface area contributed by atoms with Crippen molar-refractivity contribution in [3.05, 3.63) is 202 Å². The highest BCUT2D eigenvalue weighted by molar-refractivity contribution is 6.42. The highest BCUT2D eigenvalue weighted by Crippen LogP contribution is 2.46. The predicted molar refractivity (Wildman–Crippen MR) is 252 cm³/mol. The van der Waals surface area contributed by atoms with E-state index >= 15 is 0 Å². The van der Waals surface area contributed by atoms with Crippen molar-refractivity contribution in [3.63, 3.8) is 0 Å². The number of aromatic nitrogens is 1. The zero-order chi connectivity index (χ0) is 39.1. The molecule has 12 aromatic rings. The standard InChI is InChI=1S/C26H16Cl3N.C26H14ClN/c27-21-15-24(28)26(25(29)16-21)30(22-11-9-17-5-1-3-7-19(17)13-22)23-12-10-18-6-2-4-8-20(18)14-23;27-19-13-22-20-9-15-5-1-3-7-17(15)11-24(20)28-25-12-18-8-4-2-6-16(18)10-21(25)23(14-19)26(22)28/h1-16H;1-14H. The molecular weight excluding hydrogens is 794 g/mol. The summed E-state index contributed by atoms with van der Waals surface area (Å²) in [5, 5.41) is 16.9. The van der Waals surface area contributed by atoms with Gasteiger partial charge in [-0.05, 0) is 116 Å². The van der Waals surface area contributed by atoms with Crippen molar-refractivity contribution in [1.29, 1.82) is 0 Å². The summed E-state index contributed by atoms with van der Waals surface area (Å²) in [5.74, 6) is 0. The second-order valence-electron chi connectivity index (χ2n) is 14.7. The lowest BCUT2D eigenvalue weighted by Crippen LogP contribution is -2.11. The van der Waals surface area contributed by atoms with Crippen molar-refractivity contribution < 1.29 is 0 Å². The van der Waals surface area contributed by atoms with Crippen LogP contribution in [0.15, 0.2) is 182 Å². The molecule has 276 valence electrons. The molecule has 0 spiro atoms. The number of rotatable bonds is 3. The Bertz CT molecular complexity index is 3360. The molecule has 0 radical (unpaired) electrons. The van der Waals surface area contributed by atoms with E-state index in [0.717, 1.165) is 27.2 Å². The number of nitrogens with zero attached hydrogens (tertiary/aromatic N) is 2. The minimum Gasteiger partial charge on any atom is -0.308 e. The van der Waals surface area contributed by atoms with Gasteiger partial charge >= 0.3 is 0 Å². The van der Waals surface area contributed by atoms with Crippen LogP contribution in [0.2, 0.25) is 20.1 Å². The first-order chi connectivity index (χ1) is 28.4. The third-order valence-corrected chi connectivity index (χ3v) is 12.3. The highest BCUT2D eigenvalue weighted by atomic mass is 35.5. The topological polar surface area (TPSA) is 7.65 Å². The third-order valence-electron chi connectivity index (χ3n) is 11.3. The fourth-order valence-electron chi connectivity index (χ4n) is 8.67. The van der Waals surface area contributed by atoms with Gasteiger partial charge in [0.2, 0.25) is 0 Å². The fourth-order valence-corrected chi connectivity index (χ4v) is 9.87. The van der Waals surface area contributed by atoms with E-state index in [9.17, 15) is 0 Å². The Labute approximate surface area is 353 Å². The Morgan fingerprint density at radius 1 is 0.328 bits per heavy atom. The fraction of sp³-hybridized carbons (Fsp3) is 0. The van der Waals surface area contributed by atoms with Crippen LogP contribution < -0.4 is 4.90 Å². The second-order valence-corrected chi connectivity index (χ2v) is 16.4. The smallest absolute Gasteiger partial charge is 0.0836 e. The lowest BCUT2D eigenvalue weighted by atomic mass is 10.0. The molecule has 0 N–H and O–H groups in total. The van der Waals surface area contributed by atoms with Crippen LogP contribution in [0, 0.1) is 0 Å². The number of hydrogen-bond acceptors (Lipinski definition) is 1. The van der Waals surface area contributed by atoms with Crippen molar-refractivity contribution in [2.45, 2.75) is 0 Å². The van der Waals surface area contributed by atoms with Gasteiger partial charge in [-0.1, -0.05) is 156 Å². The third kappa shape index (κ3) is 5.79. The summed E-state index contributed by atoms with van der Waals surface area (Å²) in [4.78, 5) is 2.08. The Morgan fingerprint density at radius 2 is 0.690 bits per heavy atom. The van der Waals surface area contributed by atoms with Crippen LogP contribution in [0.1, 0.15) is 0 Å². The molecule has 0 bridgehead atoms. The van der Waals surface area contributed by atoms with Gasteiger partial charge in [-0.2, -0.15) is 0 Å². The van der Waals surface area contributed by atoms with Crippen LogP contribution in [0.25, 0.3) is 81.2 Å². The maximum Gasteiger partial charge on any atom is 0.0836 e. The van der Waals surface area contributed by atoms with Crippen LogP contribution in [-0.4, -0.2) is 4.40 Å². The van der Waals surface area contributed by atoms with Gasteiger partial charge < -0.3 is 9.30 Å². The molecule has 0 saturated heterocycles. The monoisotopic (exact) mass is 822 g/mol. The number of anilines is 3. The van der Waals surface area contributed by atoms with Gasteiger partial charge in [0, 0.05) is 43.0 Å². The van der Waals surface area contributed by atoms with Gasteiger partial charge in [-0.15, -0.1) is 0 Å². The quantitative estimate of drug-likeness (QED) is 0.172. The van der Waals surface area contributed by atoms with E-state index in [-0.39, 0.29) is 0 Å². The molecule has 0 fully saturated rings. The van der Waals surface area contributed by atoms with Gasteiger partial charge in [0.25, 0.3) is 0 Å². The zero-order valence-corrected chi connectivity index (χ0v) is 33.8. The van der Waals surface area contributed by atoms with Crippen molar-refractivity contribution in [1.82, 2.24) is 4.40 Å². The molecular formula is C52H30Cl4N2. The van der Waals surface area contributed by atoms with Gasteiger partial charge in [0.05, 0.1) is 32.3 Å². The molecule has 6 heteroatoms. The summed E-state index contributed by atoms with van der Waals surface area (Å²) in [5.41, 5.74) is 6.39. The van der Waals surface area contributed by atoms with Crippen LogP contribution in [0.5, 0.6) is 0 Å². The van der Waals surface area contributed by atoms with Gasteiger partial charge in [-0.3, -0.25) is 0 Å². The molecule has 2 heterocycles. The van der Waals surface area contributed by atoms with Crippen LogP contribution in [-0.2, 0) is 0 Å². The first-order valence-corrected chi connectivity index (χ1v) is 20.5. The van der Waals surface area contributed by atoms with E-state index < -0.39 is 0 Å². The van der Waals surface area contributed by atoms with Crippen molar-refractivity contribution in [3.8, 4) is 0 Å². The maximum absolute atomic E-state index is 6.66. The molecule has 0 aliphatic carbocycles. The molecule has 0 atom stereocenters. The molecule has 12 rings (SSSR count). The van der Waals surface area contributed by atoms with E-state index in [1.807, 2.05) is 24.3 Å². The number of fused-ring (bicyclic) bond motifs is 10. The summed E-state index contributed by atoms with van der Waals surface area (Å²) < 4.78 is 2.42. The SMILES string of the molecule is Clc1cc(Cl)c(N(c2ccc3ccccc3c2)c2ccc3ccccc3c2)c(Cl)c1.Clc1cc2c3cc4ccccc4cc3n3c4cc5ccccc5cc4c(c1)c23. The van der Waals surface area contributed by atoms with Gasteiger partial charge in [-0.25, -0.2) is 0 Å². The molecule has 2 aromatic heterocycles. The molecule has 0 aliphatic rings. The van der Waals surface area contributed by atoms with E-state index in [1.165, 1.54) is 70.4 Å². The van der Waals surface area contributed by atoms with Crippen molar-refractivity contribution in [2.24, 2.45) is 0 Å². The average molecular weight is 825 g/mol. The summed E-state index contributed by atoms with van der Waals surface area (Å²) in [6.07, 6.45) is 0. The number of hydrogen-bond donors (Lipinski definition) is 0. The lowest BCUT2D eigenvalue weighted by Gasteiger charge is -2.28. The summed E-state index contributed by atoms with van der Waals surface area (Å²) in [6, 6.07) is 63.2. The van der Waals surface area contributed by atoms with Crippen LogP contribution >= 0.6 is 46.4 Å². The van der Waals surface area contributed by atoms with Crippen LogP contribution in [0.3, 0.4) is 0 Å². The Hall–Kier alpha value is -6.00. The van der Waals surface area contributed by atoms with Gasteiger partial charge in [0.1, 0.15) is 0 Å². The second kappa shape index (κ2) is 13.8. The Kier molecular flexibility index (Phi) is 8.39. The van der Waals surface area contributed by atoms with E-state index in [1.54, 1.807) is 12.1 Å². The molecule has 0 amide bonds. The van der Waals surface area contributed by atoms with E-state index in [4.69, 9.17) is 46.4 Å². The van der Waals surface area contributed by atoms with Crippen LogP contribution in [0.4, 0.5) is 17.1 Å². The lowest BCUT2D eigenvalue weighted by molar-refractivity contribution is 1.29. The zero-order valence-electron chi connectivity index (χ0n) is 30.7. The Morgan fingerprint density at radius 3 is 1.12 bits per heavy atom. The summed E-state index contributed by atoms with van der Waals surface area (Å²) >= 11 is 26.1. The molecule has 58 heavy (non-hydrogen) atoms. The van der Waals surface area contributed by atoms with E-state index in [0.29, 0.717) is 20.8 Å². The van der Waals surface area contributed by atoms with Crippen molar-refractivity contribution >= 4 is 145 Å². The summed E-state index contributed by atoms with van der Waals surface area (Å²) in [6.45, 7) is 0. The Balaban J connectivity index is 0.000000133. The molecule has 0 saturated carbocycles.